The molecule has 1 unspecified atom stereocenters. The lowest BCUT2D eigenvalue weighted by Crippen LogP contribution is -2.53. The molecule has 8 heteroatoms. The second kappa shape index (κ2) is 14.2. The molecule has 168 valence electrons. The van der Waals surface area contributed by atoms with Gasteiger partial charge in [0.1, 0.15) is 5.76 Å². The number of hydrogen-bond donors (Lipinski definition) is 2. The third kappa shape index (κ3) is 7.40. The molecule has 1 aliphatic heterocycles. The van der Waals surface area contributed by atoms with Gasteiger partial charge in [0.15, 0.2) is 5.96 Å². The molecule has 0 spiro atoms. The molecule has 29 heavy (non-hydrogen) atoms. The molecule has 0 amide bonds. The maximum atomic E-state index is 5.55. The molecule has 2 rings (SSSR count). The fourth-order valence-electron chi connectivity index (χ4n) is 4.07. The number of aryl methyl sites for hydroxylation is 2. The van der Waals surface area contributed by atoms with Crippen molar-refractivity contribution in [3.63, 3.8) is 0 Å². The molecule has 1 aliphatic rings. The van der Waals surface area contributed by atoms with Crippen LogP contribution in [0.4, 0.5) is 0 Å². The zero-order chi connectivity index (χ0) is 20.4. The van der Waals surface area contributed by atoms with Crippen LogP contribution in [0.2, 0.25) is 0 Å². The first-order chi connectivity index (χ1) is 13.7. The Bertz CT molecular complexity index is 576. The second-order valence-corrected chi connectivity index (χ2v) is 7.34. The quantitative estimate of drug-likeness (QED) is 0.280. The average molecular weight is 521 g/mol. The molecule has 1 aromatic rings. The summed E-state index contributed by atoms with van der Waals surface area (Å²) in [5.74, 6) is 2.46. The highest BCUT2D eigenvalue weighted by atomic mass is 127. The van der Waals surface area contributed by atoms with E-state index in [0.29, 0.717) is 18.5 Å². The zero-order valence-electron chi connectivity index (χ0n) is 18.8. The van der Waals surface area contributed by atoms with Gasteiger partial charge in [0.25, 0.3) is 0 Å². The Balaban J connectivity index is 0.00000420. The van der Waals surface area contributed by atoms with Crippen LogP contribution in [-0.4, -0.2) is 62.0 Å². The van der Waals surface area contributed by atoms with E-state index in [4.69, 9.17) is 9.26 Å². The molecule has 0 radical (unpaired) electrons. The topological polar surface area (TPSA) is 74.9 Å². The largest absolute Gasteiger partial charge is 0.379 e. The van der Waals surface area contributed by atoms with Crippen molar-refractivity contribution in [2.24, 2.45) is 10.9 Å². The summed E-state index contributed by atoms with van der Waals surface area (Å²) < 4.78 is 11.0. The molecule has 2 N–H and O–H groups in total. The highest BCUT2D eigenvalue weighted by Crippen LogP contribution is 2.20. The standard InChI is InChI=1S/C21H39N5O2.HI/c1-6-16(7-2)19(26-10-12-27-13-11-26)15-24-21(22-5)23-14-17-18(8-3)25-28-20(17)9-4;/h16,19H,6-15H2,1-5H3,(H2,22,23,24);1H. The molecule has 7 nitrogen and oxygen atoms in total. The van der Waals surface area contributed by atoms with E-state index in [0.717, 1.165) is 68.7 Å². The van der Waals surface area contributed by atoms with Crippen molar-refractivity contribution in [2.75, 3.05) is 39.9 Å². The summed E-state index contributed by atoms with van der Waals surface area (Å²) in [6, 6.07) is 0.491. The molecule has 1 fully saturated rings. The lowest BCUT2D eigenvalue weighted by atomic mass is 9.92. The first kappa shape index (κ1) is 26.2. The van der Waals surface area contributed by atoms with Gasteiger partial charge in [-0.15, -0.1) is 24.0 Å². The minimum atomic E-state index is 0. The fraction of sp³-hybridized carbons (Fsp3) is 0.810. The number of nitrogens with one attached hydrogen (secondary N) is 2. The van der Waals surface area contributed by atoms with E-state index in [2.05, 4.69) is 53.4 Å². The number of nitrogens with zero attached hydrogens (tertiary/aromatic N) is 3. The van der Waals surface area contributed by atoms with Crippen molar-refractivity contribution < 1.29 is 9.26 Å². The van der Waals surface area contributed by atoms with Gasteiger partial charge in [-0.2, -0.15) is 0 Å². The number of halogens is 1. The van der Waals surface area contributed by atoms with Crippen molar-refractivity contribution in [3.05, 3.63) is 17.0 Å². The van der Waals surface area contributed by atoms with Crippen LogP contribution in [0.1, 0.15) is 57.6 Å². The maximum absolute atomic E-state index is 5.55. The van der Waals surface area contributed by atoms with Gasteiger partial charge in [-0.25, -0.2) is 0 Å². The van der Waals surface area contributed by atoms with Gasteiger partial charge in [0, 0.05) is 51.3 Å². The molecule has 2 heterocycles. The molecular formula is C21H40IN5O2. The summed E-state index contributed by atoms with van der Waals surface area (Å²) in [7, 11) is 1.82. The molecule has 0 aliphatic carbocycles. The van der Waals surface area contributed by atoms with Crippen LogP contribution in [0, 0.1) is 5.92 Å². The third-order valence-corrected chi connectivity index (χ3v) is 5.85. The van der Waals surface area contributed by atoms with Crippen LogP contribution >= 0.6 is 24.0 Å². The predicted molar refractivity (Wildman–Crippen MR) is 129 cm³/mol. The van der Waals surface area contributed by atoms with Crippen molar-refractivity contribution in [3.8, 4) is 0 Å². The van der Waals surface area contributed by atoms with Crippen LogP contribution in [0.3, 0.4) is 0 Å². The summed E-state index contributed by atoms with van der Waals surface area (Å²) in [4.78, 5) is 7.00. The third-order valence-electron chi connectivity index (χ3n) is 5.85. The lowest BCUT2D eigenvalue weighted by Gasteiger charge is -2.39. The molecule has 0 saturated carbocycles. The van der Waals surface area contributed by atoms with Gasteiger partial charge in [0.05, 0.1) is 18.9 Å². The Hall–Kier alpha value is -0.870. The van der Waals surface area contributed by atoms with Crippen LogP contribution in [0.25, 0.3) is 0 Å². The van der Waals surface area contributed by atoms with E-state index in [-0.39, 0.29) is 24.0 Å². The van der Waals surface area contributed by atoms with Crippen molar-refractivity contribution >= 4 is 29.9 Å². The normalized spacial score (nSPS) is 16.6. The molecule has 0 aromatic carbocycles. The van der Waals surface area contributed by atoms with Gasteiger partial charge in [-0.1, -0.05) is 45.7 Å². The fourth-order valence-corrected chi connectivity index (χ4v) is 4.07. The van der Waals surface area contributed by atoms with Crippen LogP contribution < -0.4 is 10.6 Å². The van der Waals surface area contributed by atoms with Crippen molar-refractivity contribution in [1.29, 1.82) is 0 Å². The number of aromatic nitrogens is 1. The SMILES string of the molecule is CCc1noc(CC)c1CNC(=NC)NCC(C(CC)CC)N1CCOCC1.I. The molecular weight excluding hydrogens is 481 g/mol. The summed E-state index contributed by atoms with van der Waals surface area (Å²) in [6.07, 6.45) is 4.10. The van der Waals surface area contributed by atoms with Crippen molar-refractivity contribution in [1.82, 2.24) is 20.7 Å². The summed E-state index contributed by atoms with van der Waals surface area (Å²) in [5, 5.41) is 11.2. The lowest BCUT2D eigenvalue weighted by molar-refractivity contribution is 0.00272. The zero-order valence-corrected chi connectivity index (χ0v) is 21.1. The van der Waals surface area contributed by atoms with E-state index < -0.39 is 0 Å². The molecule has 1 aromatic heterocycles. The summed E-state index contributed by atoms with van der Waals surface area (Å²) in [6.45, 7) is 14.0. The van der Waals surface area contributed by atoms with Crippen molar-refractivity contribution in [2.45, 2.75) is 66.0 Å². The predicted octanol–water partition coefficient (Wildman–Crippen LogP) is 3.22. The Morgan fingerprint density at radius 2 is 1.79 bits per heavy atom. The van der Waals surface area contributed by atoms with E-state index in [9.17, 15) is 0 Å². The van der Waals surface area contributed by atoms with E-state index in [1.165, 1.54) is 12.8 Å². The number of hydrogen-bond acceptors (Lipinski definition) is 5. The Labute approximate surface area is 193 Å². The minimum Gasteiger partial charge on any atom is -0.379 e. The smallest absolute Gasteiger partial charge is 0.191 e. The van der Waals surface area contributed by atoms with Crippen LogP contribution in [-0.2, 0) is 24.1 Å². The Morgan fingerprint density at radius 3 is 2.34 bits per heavy atom. The maximum Gasteiger partial charge on any atom is 0.191 e. The first-order valence-corrected chi connectivity index (χ1v) is 10.9. The van der Waals surface area contributed by atoms with E-state index in [1.54, 1.807) is 0 Å². The van der Waals surface area contributed by atoms with Gasteiger partial charge in [-0.05, 0) is 12.3 Å². The van der Waals surface area contributed by atoms with E-state index >= 15 is 0 Å². The Kier molecular flexibility index (Phi) is 12.8. The molecule has 1 atom stereocenters. The number of aliphatic imine (C=N–C) groups is 1. The van der Waals surface area contributed by atoms with Gasteiger partial charge >= 0.3 is 0 Å². The number of rotatable bonds is 10. The first-order valence-electron chi connectivity index (χ1n) is 10.9. The van der Waals surface area contributed by atoms with Crippen LogP contribution in [0.5, 0.6) is 0 Å². The summed E-state index contributed by atoms with van der Waals surface area (Å²) in [5.41, 5.74) is 2.20. The monoisotopic (exact) mass is 521 g/mol. The number of ether oxygens (including phenoxy) is 1. The van der Waals surface area contributed by atoms with Crippen LogP contribution in [0.15, 0.2) is 9.52 Å². The minimum absolute atomic E-state index is 0. The summed E-state index contributed by atoms with van der Waals surface area (Å²) >= 11 is 0. The van der Waals surface area contributed by atoms with Gasteiger partial charge in [-0.3, -0.25) is 9.89 Å². The molecule has 0 bridgehead atoms. The highest BCUT2D eigenvalue weighted by molar-refractivity contribution is 14.0. The second-order valence-electron chi connectivity index (χ2n) is 7.34. The van der Waals surface area contributed by atoms with E-state index in [1.807, 2.05) is 7.05 Å². The van der Waals surface area contributed by atoms with Gasteiger partial charge < -0.3 is 19.9 Å². The number of morpholine rings is 1. The van der Waals surface area contributed by atoms with Gasteiger partial charge in [0.2, 0.25) is 0 Å². The number of guanidine groups is 1. The Morgan fingerprint density at radius 1 is 1.10 bits per heavy atom. The average Bonchev–Trinajstić information content (AvgIpc) is 3.15. The highest BCUT2D eigenvalue weighted by Gasteiger charge is 2.27. The molecule has 1 saturated heterocycles.